The van der Waals surface area contributed by atoms with Gasteiger partial charge in [-0.2, -0.15) is 16.8 Å². The van der Waals surface area contributed by atoms with Crippen molar-refractivity contribution in [2.75, 3.05) is 46.2 Å². The Morgan fingerprint density at radius 1 is 0.284 bits per heavy atom. The maximum atomic E-state index is 14.1. The first kappa shape index (κ1) is 73.2. The maximum absolute atomic E-state index is 14.1. The second kappa shape index (κ2) is 29.9. The summed E-state index contributed by atoms with van der Waals surface area (Å²) in [6.45, 7) is -7.86. The Bertz CT molecular complexity index is 3060. The normalized spacial score (nSPS) is 49.1. The van der Waals surface area contributed by atoms with Crippen molar-refractivity contribution in [1.82, 2.24) is 0 Å². The molecule has 30 aliphatic heterocycles. The van der Waals surface area contributed by atoms with Gasteiger partial charge in [0.25, 0.3) is 20.2 Å². The average molecular weight is 1410 g/mol. The van der Waals surface area contributed by atoms with Gasteiger partial charge in [0.2, 0.25) is 0 Å². The van der Waals surface area contributed by atoms with Gasteiger partial charge < -0.3 is 159 Å². The molecule has 38 nitrogen and oxygen atoms in total. The van der Waals surface area contributed by atoms with E-state index in [1.165, 1.54) is 24.3 Å². The smallest absolute Gasteiger partial charge is 0.297 e. The van der Waals surface area contributed by atoms with Crippen LogP contribution >= 0.6 is 0 Å². The highest BCUT2D eigenvalue weighted by Crippen LogP contribution is 2.41. The Morgan fingerprint density at radius 3 is 0.884 bits per heavy atom. The van der Waals surface area contributed by atoms with Crippen molar-refractivity contribution in [3.63, 3.8) is 0 Å². The molecule has 19 N–H and O–H groups in total. The van der Waals surface area contributed by atoms with Crippen molar-refractivity contribution >= 4 is 20.2 Å². The van der Waals surface area contributed by atoms with Crippen LogP contribution in [-0.2, 0) is 90.2 Å². The fraction of sp³-hybridized carbons (Fsp3) is 0.782. The minimum atomic E-state index is -4.94. The summed E-state index contributed by atoms with van der Waals surface area (Å²) in [6, 6.07) is 9.57. The number of hydrogen-bond acceptors (Lipinski definition) is 38. The van der Waals surface area contributed by atoms with E-state index in [1.54, 1.807) is 0 Å². The van der Waals surface area contributed by atoms with Crippen molar-refractivity contribution in [3.8, 4) is 11.1 Å². The van der Waals surface area contributed by atoms with Crippen LogP contribution in [0.25, 0.3) is 11.1 Å². The van der Waals surface area contributed by atoms with Crippen LogP contribution in [0.3, 0.4) is 0 Å². The number of ether oxygens (including phenoxy) is 13. The highest BCUT2D eigenvalue weighted by atomic mass is 32.2. The maximum Gasteiger partial charge on any atom is 0.297 e. The quantitative estimate of drug-likeness (QED) is 0.124. The lowest BCUT2D eigenvalue weighted by Gasteiger charge is -2.50. The summed E-state index contributed by atoms with van der Waals surface area (Å²) in [4.78, 5) is -1.02. The zero-order valence-electron chi connectivity index (χ0n) is 49.6. The molecule has 20 bridgehead atoms. The average Bonchev–Trinajstić information content (AvgIpc) is 0.806. The lowest BCUT2D eigenvalue weighted by molar-refractivity contribution is -0.396. The Hall–Kier alpha value is -3.02. The first-order chi connectivity index (χ1) is 45.1. The van der Waals surface area contributed by atoms with Crippen LogP contribution in [0, 0.1) is 5.92 Å². The fourth-order valence-electron chi connectivity index (χ4n) is 13.0. The number of rotatable bonds is 5. The minimum Gasteiger partial charge on any atom is -0.394 e. The van der Waals surface area contributed by atoms with Gasteiger partial charge in [0.1, 0.15) is 153 Å². The molecule has 40 heteroatoms. The summed E-state index contributed by atoms with van der Waals surface area (Å²) in [5, 5.41) is 217. The van der Waals surface area contributed by atoms with E-state index >= 15 is 0 Å². The molecular formula is C55H78O38S2. The Labute approximate surface area is 539 Å². The number of benzene rings is 2. The summed E-state index contributed by atoms with van der Waals surface area (Å²) in [7, 11) is -9.83. The van der Waals surface area contributed by atoms with Gasteiger partial charge in [-0.15, -0.1) is 0 Å². The van der Waals surface area contributed by atoms with E-state index in [9.17, 15) is 114 Å². The van der Waals surface area contributed by atoms with Gasteiger partial charge in [-0.25, -0.2) is 0 Å². The van der Waals surface area contributed by atoms with Gasteiger partial charge in [0, 0.05) is 5.92 Å². The van der Waals surface area contributed by atoms with E-state index in [0.29, 0.717) is 11.1 Å². The fourth-order valence-corrected chi connectivity index (χ4v) is 14.8. The molecule has 16 fully saturated rings. The molecule has 0 saturated carbocycles. The molecule has 0 amide bonds. The standard InChI is InChI=1S/C55H78O38S2/c56-10-23-44-32(63)31(62)22(81-23)9-21-28-15-79-94(75,76)19-5-1-17(2-6-19)18-3-7-20(8-4-18)95(77,78)80-16-29-49(37(68)43(74)55(87-29)92-48-27(14-60)84-53(41(72)35(48)66)90-46-25(12-58)82-51(88-44)39(70)34(46)65)93-54-42(73)36(67)47(26(13-59)85-54)91-52-40(71)33(64)45(24(11-57)83-52)89-50(86-28)38(69)30(21)61/h1-8,21-74H,9-16H2. The van der Waals surface area contributed by atoms with Crippen LogP contribution < -0.4 is 0 Å². The van der Waals surface area contributed by atoms with E-state index in [-0.39, 0.29) is 0 Å². The Kier molecular flexibility index (Phi) is 23.0. The Morgan fingerprint density at radius 2 is 0.547 bits per heavy atom. The summed E-state index contributed by atoms with van der Waals surface area (Å²) < 4.78 is 143. The molecule has 538 valence electrons. The molecule has 35 unspecified atom stereocenters. The summed E-state index contributed by atoms with van der Waals surface area (Å²) >= 11 is 0. The molecule has 2 aromatic carbocycles. The van der Waals surface area contributed by atoms with Crippen molar-refractivity contribution in [2.24, 2.45) is 5.92 Å². The number of hydrogen-bond donors (Lipinski definition) is 19. The van der Waals surface area contributed by atoms with Crippen LogP contribution in [0.15, 0.2) is 58.3 Å². The lowest BCUT2D eigenvalue weighted by Crippen LogP contribution is -2.68. The summed E-state index contributed by atoms with van der Waals surface area (Å²) in [5.74, 6) is -1.65. The topological polar surface area (TPSA) is 591 Å². The molecule has 0 spiro atoms. The Balaban J connectivity index is 1.00. The van der Waals surface area contributed by atoms with Crippen LogP contribution in [-0.4, -0.2) is 369 Å². The molecule has 35 atom stereocenters. The molecule has 32 rings (SSSR count). The summed E-state index contributed by atoms with van der Waals surface area (Å²) in [6.07, 6.45) is -72.4. The van der Waals surface area contributed by atoms with Gasteiger partial charge in [0.05, 0.1) is 74.4 Å². The van der Waals surface area contributed by atoms with Crippen LogP contribution in [0.2, 0.25) is 0 Å². The predicted octanol–water partition coefficient (Wildman–Crippen LogP) is -11.8. The predicted molar refractivity (Wildman–Crippen MR) is 296 cm³/mol. The molecule has 95 heavy (non-hydrogen) atoms. The SMILES string of the molecule is O=S1(=O)OCC2OC3OC4C(CO)OC(OC5C(CO)OC(OC6C(COS(=O)(=O)c7ccc(cc7)-c7ccc1cc7)OC(OC1C(CO)OC(OC7C(CO)OC(OC8C(CO)OC(CC2C(O)C3O)C(O)C8O)C(O)C7O)C(O)C1O)C(O)C6O)C(O)C5O)C(O)C4O. The number of aliphatic hydroxyl groups excluding tert-OH is 19. The van der Waals surface area contributed by atoms with E-state index in [4.69, 9.17) is 69.9 Å². The number of aliphatic hydroxyl groups is 19. The largest absolute Gasteiger partial charge is 0.394 e. The third-order valence-corrected chi connectivity index (χ3v) is 21.0. The third-order valence-electron chi connectivity index (χ3n) is 18.4. The van der Waals surface area contributed by atoms with Gasteiger partial charge in [-0.05, 0) is 41.8 Å². The van der Waals surface area contributed by atoms with Crippen molar-refractivity contribution in [3.05, 3.63) is 48.5 Å². The van der Waals surface area contributed by atoms with Gasteiger partial charge in [-0.1, -0.05) is 24.3 Å². The minimum absolute atomic E-state index is 0.295. The van der Waals surface area contributed by atoms with E-state index in [0.717, 1.165) is 24.3 Å². The van der Waals surface area contributed by atoms with Crippen molar-refractivity contribution in [2.45, 2.75) is 225 Å². The van der Waals surface area contributed by atoms with Crippen molar-refractivity contribution in [1.29, 1.82) is 0 Å². The molecule has 0 aliphatic carbocycles. The van der Waals surface area contributed by atoms with Crippen LogP contribution in [0.4, 0.5) is 0 Å². The highest BCUT2D eigenvalue weighted by Gasteiger charge is 2.60. The van der Waals surface area contributed by atoms with Crippen molar-refractivity contribution < 1.29 is 184 Å². The highest BCUT2D eigenvalue weighted by molar-refractivity contribution is 7.87. The zero-order valence-corrected chi connectivity index (χ0v) is 51.2. The van der Waals surface area contributed by atoms with Crippen LogP contribution in [0.1, 0.15) is 6.42 Å². The monoisotopic (exact) mass is 1410 g/mol. The molecule has 0 radical (unpaired) electrons. The first-order valence-corrected chi connectivity index (χ1v) is 33.0. The van der Waals surface area contributed by atoms with Gasteiger partial charge >= 0.3 is 0 Å². The first-order valence-electron chi connectivity index (χ1n) is 30.2. The van der Waals surface area contributed by atoms with E-state index in [1.807, 2.05) is 0 Å². The van der Waals surface area contributed by atoms with Gasteiger partial charge in [-0.3, -0.25) is 8.37 Å². The lowest BCUT2D eigenvalue weighted by atomic mass is 9.81. The van der Waals surface area contributed by atoms with E-state index < -0.39 is 297 Å². The summed E-state index contributed by atoms with van der Waals surface area (Å²) in [5.41, 5.74) is 0.592. The van der Waals surface area contributed by atoms with Crippen LogP contribution in [0.5, 0.6) is 0 Å². The molecule has 16 saturated heterocycles. The zero-order chi connectivity index (χ0) is 68.4. The molecule has 30 heterocycles. The molecular weight excluding hydrogens is 1330 g/mol. The molecule has 0 aromatic heterocycles. The molecule has 2 aromatic rings. The van der Waals surface area contributed by atoms with E-state index in [2.05, 4.69) is 0 Å². The van der Waals surface area contributed by atoms with Gasteiger partial charge in [0.15, 0.2) is 37.7 Å². The molecule has 30 aliphatic rings. The third kappa shape index (κ3) is 14.5. The second-order valence-electron chi connectivity index (χ2n) is 24.3. The second-order valence-corrected chi connectivity index (χ2v) is 27.5.